The van der Waals surface area contributed by atoms with Crippen molar-refractivity contribution < 1.29 is 36.2 Å². The standard InChI is InChI=1S/C34H28N6O8S2/c1-17-15-19(37-39-29-27(35)23-7-3-5-9-25(23)33(31(29)41)49(43,44)45)11-13-21(17)22-14-12-20(16-18(22)2)38-40-30-28(36)24-8-4-6-10-26(24)34(32(30)42)50(46,47)48/h3-16,41-42H,35-36H2,1-2H3,(H,43,44,45)(H,46,47,48). The third kappa shape index (κ3) is 6.07. The van der Waals surface area contributed by atoms with Crippen LogP contribution in [-0.4, -0.2) is 36.2 Å². The molecule has 8 N–H and O–H groups in total. The predicted octanol–water partition coefficient (Wildman–Crippen LogP) is 8.18. The highest BCUT2D eigenvalue weighted by atomic mass is 32.2. The van der Waals surface area contributed by atoms with Gasteiger partial charge in [-0.2, -0.15) is 27.1 Å². The molecule has 50 heavy (non-hydrogen) atoms. The number of nitrogens with two attached hydrogens (primary N) is 2. The number of fused-ring (bicyclic) bond motifs is 2. The summed E-state index contributed by atoms with van der Waals surface area (Å²) < 4.78 is 68.1. The van der Waals surface area contributed by atoms with Crippen LogP contribution in [0.1, 0.15) is 11.1 Å². The predicted molar refractivity (Wildman–Crippen MR) is 189 cm³/mol. The molecule has 0 atom stereocenters. The maximum absolute atomic E-state index is 12.1. The van der Waals surface area contributed by atoms with Gasteiger partial charge in [0.1, 0.15) is 9.79 Å². The number of azo groups is 2. The number of nitrogens with zero attached hydrogens (tertiary/aromatic N) is 4. The van der Waals surface area contributed by atoms with Crippen LogP contribution in [0, 0.1) is 13.8 Å². The molecule has 0 aliphatic carbocycles. The fraction of sp³-hybridized carbons (Fsp3) is 0.0588. The van der Waals surface area contributed by atoms with Crippen LogP contribution >= 0.6 is 0 Å². The molecule has 6 aromatic carbocycles. The molecule has 6 rings (SSSR count). The van der Waals surface area contributed by atoms with E-state index < -0.39 is 41.5 Å². The average molecular weight is 713 g/mol. The first kappa shape index (κ1) is 33.9. The maximum Gasteiger partial charge on any atom is 0.298 e. The van der Waals surface area contributed by atoms with Crippen LogP contribution < -0.4 is 11.5 Å². The molecule has 0 amide bonds. The molecule has 0 aromatic heterocycles. The summed E-state index contributed by atoms with van der Waals surface area (Å²) in [6.07, 6.45) is 0. The fourth-order valence-corrected chi connectivity index (χ4v) is 7.37. The summed E-state index contributed by atoms with van der Waals surface area (Å²) in [5.74, 6) is -1.66. The lowest BCUT2D eigenvalue weighted by Gasteiger charge is -2.13. The van der Waals surface area contributed by atoms with E-state index >= 15 is 0 Å². The summed E-state index contributed by atoms with van der Waals surface area (Å²) >= 11 is 0. The fourth-order valence-electron chi connectivity index (χ4n) is 5.78. The molecule has 0 saturated heterocycles. The number of anilines is 2. The van der Waals surface area contributed by atoms with Crippen LogP contribution in [0.2, 0.25) is 0 Å². The van der Waals surface area contributed by atoms with Gasteiger partial charge in [-0.3, -0.25) is 9.11 Å². The van der Waals surface area contributed by atoms with Crippen LogP contribution in [0.4, 0.5) is 34.1 Å². The highest BCUT2D eigenvalue weighted by Gasteiger charge is 2.27. The molecule has 0 spiro atoms. The number of nitrogen functional groups attached to an aromatic ring is 2. The van der Waals surface area contributed by atoms with Crippen molar-refractivity contribution in [2.24, 2.45) is 20.5 Å². The van der Waals surface area contributed by atoms with Crippen LogP contribution in [-0.2, 0) is 20.2 Å². The molecule has 6 aromatic rings. The van der Waals surface area contributed by atoms with Gasteiger partial charge in [-0.1, -0.05) is 60.7 Å². The van der Waals surface area contributed by atoms with E-state index in [4.69, 9.17) is 11.5 Å². The van der Waals surface area contributed by atoms with Crippen molar-refractivity contribution in [3.63, 3.8) is 0 Å². The Morgan fingerprint density at radius 1 is 0.520 bits per heavy atom. The van der Waals surface area contributed by atoms with Crippen molar-refractivity contribution in [1.82, 2.24) is 0 Å². The molecular formula is C34H28N6O8S2. The smallest absolute Gasteiger partial charge is 0.298 e. The number of phenolic OH excluding ortho intramolecular Hbond substituents is 2. The summed E-state index contributed by atoms with van der Waals surface area (Å²) in [6, 6.07) is 22.6. The van der Waals surface area contributed by atoms with Crippen molar-refractivity contribution in [2.45, 2.75) is 23.6 Å². The molecule has 0 heterocycles. The van der Waals surface area contributed by atoms with Gasteiger partial charge < -0.3 is 21.7 Å². The first-order chi connectivity index (χ1) is 23.6. The van der Waals surface area contributed by atoms with E-state index in [1.165, 1.54) is 24.3 Å². The summed E-state index contributed by atoms with van der Waals surface area (Å²) in [4.78, 5) is -1.44. The van der Waals surface area contributed by atoms with Gasteiger partial charge in [-0.15, -0.1) is 10.2 Å². The van der Waals surface area contributed by atoms with E-state index in [1.807, 2.05) is 13.8 Å². The minimum absolute atomic E-state index is 0.0205. The van der Waals surface area contributed by atoms with Crippen LogP contribution in [0.15, 0.2) is 115 Å². The third-order valence-electron chi connectivity index (χ3n) is 8.07. The molecule has 0 unspecified atom stereocenters. The summed E-state index contributed by atoms with van der Waals surface area (Å²) in [6.45, 7) is 3.69. The Bertz CT molecular complexity index is 2490. The minimum atomic E-state index is -4.84. The Morgan fingerprint density at radius 2 is 0.860 bits per heavy atom. The Hall–Kier alpha value is -5.94. The maximum atomic E-state index is 12.1. The number of aryl methyl sites for hydroxylation is 2. The van der Waals surface area contributed by atoms with Gasteiger partial charge in [0.2, 0.25) is 0 Å². The van der Waals surface area contributed by atoms with Crippen molar-refractivity contribution >= 4 is 75.9 Å². The average Bonchev–Trinajstić information content (AvgIpc) is 3.04. The van der Waals surface area contributed by atoms with Gasteiger partial charge >= 0.3 is 0 Å². The molecular weight excluding hydrogens is 685 g/mol. The molecule has 0 bridgehead atoms. The Labute approximate surface area is 285 Å². The number of rotatable bonds is 7. The summed E-state index contributed by atoms with van der Waals surface area (Å²) in [5, 5.41) is 38.5. The molecule has 0 saturated carbocycles. The van der Waals surface area contributed by atoms with Gasteiger partial charge in [0.25, 0.3) is 20.2 Å². The van der Waals surface area contributed by atoms with Crippen molar-refractivity contribution in [2.75, 3.05) is 11.5 Å². The first-order valence-corrected chi connectivity index (χ1v) is 17.5. The van der Waals surface area contributed by atoms with Crippen LogP contribution in [0.5, 0.6) is 11.5 Å². The topological polar surface area (TPSA) is 251 Å². The van der Waals surface area contributed by atoms with E-state index in [9.17, 15) is 36.2 Å². The lowest BCUT2D eigenvalue weighted by molar-refractivity contribution is 0.444. The van der Waals surface area contributed by atoms with Gasteiger partial charge in [-0.25, -0.2) is 0 Å². The second-order valence-corrected chi connectivity index (χ2v) is 14.0. The SMILES string of the molecule is Cc1cc(N=Nc2c(O)c(S(=O)(=O)O)c3ccccc3c2N)ccc1-c1ccc(N=Nc2c(O)c(S(=O)(=O)O)c3ccccc3c2N)cc1C. The molecule has 14 nitrogen and oxygen atoms in total. The summed E-state index contributed by atoms with van der Waals surface area (Å²) in [7, 11) is -9.67. The highest BCUT2D eigenvalue weighted by molar-refractivity contribution is 7.86. The monoisotopic (exact) mass is 712 g/mol. The van der Waals surface area contributed by atoms with E-state index in [2.05, 4.69) is 20.5 Å². The van der Waals surface area contributed by atoms with Crippen molar-refractivity contribution in [3.05, 3.63) is 96.1 Å². The quantitative estimate of drug-likeness (QED) is 0.0526. The second-order valence-electron chi connectivity index (χ2n) is 11.3. The van der Waals surface area contributed by atoms with E-state index in [-0.39, 0.29) is 44.3 Å². The zero-order valence-corrected chi connectivity index (χ0v) is 27.9. The number of benzene rings is 6. The van der Waals surface area contributed by atoms with Crippen molar-refractivity contribution in [1.29, 1.82) is 0 Å². The normalized spacial score (nSPS) is 12.5. The van der Waals surface area contributed by atoms with Crippen LogP contribution in [0.3, 0.4) is 0 Å². The Balaban J connectivity index is 1.31. The molecule has 254 valence electrons. The number of aromatic hydroxyl groups is 2. The van der Waals surface area contributed by atoms with Gasteiger partial charge in [-0.05, 0) is 60.4 Å². The van der Waals surface area contributed by atoms with Gasteiger partial charge in [0.15, 0.2) is 22.9 Å². The molecule has 16 heteroatoms. The van der Waals surface area contributed by atoms with E-state index in [0.717, 1.165) is 22.3 Å². The second kappa shape index (κ2) is 12.5. The first-order valence-electron chi connectivity index (χ1n) is 14.6. The van der Waals surface area contributed by atoms with E-state index in [0.29, 0.717) is 11.4 Å². The third-order valence-corrected chi connectivity index (χ3v) is 9.93. The van der Waals surface area contributed by atoms with Gasteiger partial charge in [0, 0.05) is 21.5 Å². The molecule has 0 aliphatic rings. The largest absolute Gasteiger partial charge is 0.504 e. The van der Waals surface area contributed by atoms with Crippen molar-refractivity contribution in [3.8, 4) is 22.6 Å². The molecule has 0 aliphatic heterocycles. The lowest BCUT2D eigenvalue weighted by atomic mass is 9.96. The zero-order chi connectivity index (χ0) is 36.1. The lowest BCUT2D eigenvalue weighted by Crippen LogP contribution is -2.02. The minimum Gasteiger partial charge on any atom is -0.504 e. The Kier molecular flexibility index (Phi) is 8.49. The summed E-state index contributed by atoms with van der Waals surface area (Å²) in [5.41, 5.74) is 15.7. The zero-order valence-electron chi connectivity index (χ0n) is 26.3. The molecule has 0 fully saturated rings. The molecule has 0 radical (unpaired) electrons. The van der Waals surface area contributed by atoms with Gasteiger partial charge in [0.05, 0.1) is 22.7 Å². The number of hydrogen-bond acceptors (Lipinski definition) is 12. The number of phenols is 2. The van der Waals surface area contributed by atoms with E-state index in [1.54, 1.807) is 60.7 Å². The highest BCUT2D eigenvalue weighted by Crippen LogP contribution is 2.47. The Morgan fingerprint density at radius 3 is 1.18 bits per heavy atom. The van der Waals surface area contributed by atoms with Crippen LogP contribution in [0.25, 0.3) is 32.7 Å². The number of hydrogen-bond donors (Lipinski definition) is 6.